The van der Waals surface area contributed by atoms with Gasteiger partial charge in [-0.2, -0.15) is 9.97 Å². The third-order valence-electron chi connectivity index (χ3n) is 2.26. The molecule has 8 heteroatoms. The Labute approximate surface area is 120 Å². The first-order valence-electron chi connectivity index (χ1n) is 6.21. The zero-order valence-electron chi connectivity index (χ0n) is 11.7. The second-order valence-electron chi connectivity index (χ2n) is 4.32. The van der Waals surface area contributed by atoms with Gasteiger partial charge in [0.05, 0.1) is 6.10 Å². The molecule has 0 saturated heterocycles. The quantitative estimate of drug-likeness (QED) is 0.915. The monoisotopic (exact) mass is 296 g/mol. The van der Waals surface area contributed by atoms with Crippen LogP contribution in [0.25, 0.3) is 0 Å². The van der Waals surface area contributed by atoms with Crippen molar-refractivity contribution in [3.63, 3.8) is 0 Å². The second-order valence-corrected chi connectivity index (χ2v) is 4.32. The summed E-state index contributed by atoms with van der Waals surface area (Å²) in [5.41, 5.74) is 0. The highest BCUT2D eigenvalue weighted by Crippen LogP contribution is 2.22. The van der Waals surface area contributed by atoms with Crippen LogP contribution in [0.2, 0.25) is 0 Å². The number of hydrogen-bond donors (Lipinski definition) is 1. The van der Waals surface area contributed by atoms with E-state index in [-0.39, 0.29) is 29.8 Å². The van der Waals surface area contributed by atoms with Gasteiger partial charge in [-0.1, -0.05) is 0 Å². The molecule has 1 N–H and O–H groups in total. The van der Waals surface area contributed by atoms with Crippen molar-refractivity contribution in [1.29, 1.82) is 0 Å². The van der Waals surface area contributed by atoms with Crippen LogP contribution in [0.4, 0.5) is 14.7 Å². The molecule has 0 radical (unpaired) electrons. The molecule has 2 rings (SSSR count). The van der Waals surface area contributed by atoms with Gasteiger partial charge in [0.15, 0.2) is 11.6 Å². The van der Waals surface area contributed by atoms with E-state index in [9.17, 15) is 8.78 Å². The minimum atomic E-state index is -1.02. The highest BCUT2D eigenvalue weighted by Gasteiger charge is 2.11. The Hall–Kier alpha value is -2.51. The average molecular weight is 296 g/mol. The first kappa shape index (κ1) is 14.9. The molecule has 6 nitrogen and oxygen atoms in total. The highest BCUT2D eigenvalue weighted by molar-refractivity contribution is 5.30. The number of benzene rings is 1. The predicted molar refractivity (Wildman–Crippen MR) is 71.6 cm³/mol. The predicted octanol–water partition coefficient (Wildman–Crippen LogP) is 2.77. The van der Waals surface area contributed by atoms with Crippen LogP contribution in [-0.4, -0.2) is 28.1 Å². The fourth-order valence-electron chi connectivity index (χ4n) is 1.40. The molecule has 2 aromatic rings. The van der Waals surface area contributed by atoms with Crippen molar-refractivity contribution in [2.75, 3.05) is 12.4 Å². The molecule has 0 aliphatic heterocycles. The molecule has 1 heterocycles. The van der Waals surface area contributed by atoms with Gasteiger partial charge in [-0.25, -0.2) is 8.78 Å². The van der Waals surface area contributed by atoms with E-state index in [0.717, 1.165) is 12.1 Å². The number of rotatable bonds is 5. The minimum Gasteiger partial charge on any atom is -0.461 e. The maximum absolute atomic E-state index is 13.1. The maximum atomic E-state index is 13.1. The Bertz CT molecular complexity index is 638. The number of halogens is 2. The third-order valence-corrected chi connectivity index (χ3v) is 2.26. The summed E-state index contributed by atoms with van der Waals surface area (Å²) in [4.78, 5) is 11.9. The minimum absolute atomic E-state index is 0.0673. The molecule has 0 spiro atoms. The first-order chi connectivity index (χ1) is 9.97. The molecule has 21 heavy (non-hydrogen) atoms. The smallest absolute Gasteiger partial charge is 0.330 e. The van der Waals surface area contributed by atoms with Gasteiger partial charge in [0.25, 0.3) is 0 Å². The standard InChI is InChI=1S/C13H14F2N4O2/c1-7(2)20-12-17-11(16-3)18-13(19-12)21-8-4-5-9(14)10(15)6-8/h4-7H,1-3H3,(H,16,17,18,19). The van der Waals surface area contributed by atoms with Gasteiger partial charge in [0, 0.05) is 13.1 Å². The molecule has 0 bridgehead atoms. The van der Waals surface area contributed by atoms with Crippen LogP contribution >= 0.6 is 0 Å². The summed E-state index contributed by atoms with van der Waals surface area (Å²) in [6.45, 7) is 3.64. The summed E-state index contributed by atoms with van der Waals surface area (Å²) in [6, 6.07) is 3.11. The zero-order valence-corrected chi connectivity index (χ0v) is 11.7. The number of nitrogens with one attached hydrogen (secondary N) is 1. The molecular weight excluding hydrogens is 282 g/mol. The maximum Gasteiger partial charge on any atom is 0.330 e. The van der Waals surface area contributed by atoms with E-state index in [4.69, 9.17) is 9.47 Å². The molecule has 0 unspecified atom stereocenters. The van der Waals surface area contributed by atoms with Crippen molar-refractivity contribution in [3.8, 4) is 17.8 Å². The zero-order chi connectivity index (χ0) is 15.4. The second kappa shape index (κ2) is 6.29. The van der Waals surface area contributed by atoms with Gasteiger partial charge >= 0.3 is 12.0 Å². The Morgan fingerprint density at radius 2 is 1.76 bits per heavy atom. The summed E-state index contributed by atoms with van der Waals surface area (Å²) in [5.74, 6) is -1.68. The molecule has 1 aromatic heterocycles. The summed E-state index contributed by atoms with van der Waals surface area (Å²) < 4.78 is 36.6. The highest BCUT2D eigenvalue weighted by atomic mass is 19.2. The van der Waals surface area contributed by atoms with E-state index >= 15 is 0 Å². The van der Waals surface area contributed by atoms with Crippen LogP contribution in [0, 0.1) is 11.6 Å². The SMILES string of the molecule is CNc1nc(Oc2ccc(F)c(F)c2)nc(OC(C)C)n1. The van der Waals surface area contributed by atoms with Crippen molar-refractivity contribution in [2.45, 2.75) is 20.0 Å². The molecule has 0 saturated carbocycles. The fraction of sp³-hybridized carbons (Fsp3) is 0.308. The van der Waals surface area contributed by atoms with Gasteiger partial charge in [0.2, 0.25) is 5.95 Å². The molecule has 112 valence electrons. The lowest BCUT2D eigenvalue weighted by atomic mass is 10.3. The first-order valence-corrected chi connectivity index (χ1v) is 6.21. The summed E-state index contributed by atoms with van der Waals surface area (Å²) in [5, 5.41) is 2.73. The van der Waals surface area contributed by atoms with Crippen molar-refractivity contribution < 1.29 is 18.3 Å². The van der Waals surface area contributed by atoms with Gasteiger partial charge < -0.3 is 14.8 Å². The Balaban J connectivity index is 2.27. The molecule has 0 aliphatic carbocycles. The lowest BCUT2D eigenvalue weighted by Gasteiger charge is -2.10. The van der Waals surface area contributed by atoms with Gasteiger partial charge in [0.1, 0.15) is 5.75 Å². The molecule has 1 aromatic carbocycles. The summed E-state index contributed by atoms with van der Waals surface area (Å²) in [7, 11) is 1.62. The molecule has 0 atom stereocenters. The Morgan fingerprint density at radius 3 is 2.38 bits per heavy atom. The van der Waals surface area contributed by atoms with E-state index in [2.05, 4.69) is 20.3 Å². The Morgan fingerprint density at radius 1 is 1.05 bits per heavy atom. The van der Waals surface area contributed by atoms with Gasteiger partial charge in [-0.15, -0.1) is 4.98 Å². The van der Waals surface area contributed by atoms with Crippen LogP contribution < -0.4 is 14.8 Å². The lowest BCUT2D eigenvalue weighted by Crippen LogP contribution is -2.11. The average Bonchev–Trinajstić information content (AvgIpc) is 2.42. The van der Waals surface area contributed by atoms with Crippen molar-refractivity contribution >= 4 is 5.95 Å². The van der Waals surface area contributed by atoms with E-state index < -0.39 is 11.6 Å². The van der Waals surface area contributed by atoms with E-state index in [0.29, 0.717) is 0 Å². The molecule has 0 amide bonds. The number of aromatic nitrogens is 3. The van der Waals surface area contributed by atoms with Crippen molar-refractivity contribution in [2.24, 2.45) is 0 Å². The fourth-order valence-corrected chi connectivity index (χ4v) is 1.40. The van der Waals surface area contributed by atoms with E-state index in [1.807, 2.05) is 13.8 Å². The van der Waals surface area contributed by atoms with Crippen LogP contribution in [0.1, 0.15) is 13.8 Å². The Kier molecular flexibility index (Phi) is 4.46. The normalized spacial score (nSPS) is 10.6. The number of hydrogen-bond acceptors (Lipinski definition) is 6. The number of ether oxygens (including phenoxy) is 2. The summed E-state index contributed by atoms with van der Waals surface area (Å²) >= 11 is 0. The lowest BCUT2D eigenvalue weighted by molar-refractivity contribution is 0.218. The van der Waals surface area contributed by atoms with Crippen LogP contribution in [0.3, 0.4) is 0 Å². The number of anilines is 1. The largest absolute Gasteiger partial charge is 0.461 e. The number of nitrogens with zero attached hydrogens (tertiary/aromatic N) is 3. The van der Waals surface area contributed by atoms with Gasteiger partial charge in [-0.3, -0.25) is 0 Å². The van der Waals surface area contributed by atoms with Crippen molar-refractivity contribution in [1.82, 2.24) is 15.0 Å². The van der Waals surface area contributed by atoms with E-state index in [1.54, 1.807) is 7.05 Å². The molecule has 0 aliphatic rings. The van der Waals surface area contributed by atoms with Gasteiger partial charge in [-0.05, 0) is 26.0 Å². The molecular formula is C13H14F2N4O2. The topological polar surface area (TPSA) is 69.2 Å². The third kappa shape index (κ3) is 3.98. The van der Waals surface area contributed by atoms with Crippen LogP contribution in [-0.2, 0) is 0 Å². The van der Waals surface area contributed by atoms with E-state index in [1.165, 1.54) is 6.07 Å². The molecule has 0 fully saturated rings. The van der Waals surface area contributed by atoms with Crippen LogP contribution in [0.15, 0.2) is 18.2 Å². The summed E-state index contributed by atoms with van der Waals surface area (Å²) in [6.07, 6.45) is -0.131. The van der Waals surface area contributed by atoms with Crippen LogP contribution in [0.5, 0.6) is 17.8 Å². The van der Waals surface area contributed by atoms with Crippen molar-refractivity contribution in [3.05, 3.63) is 29.8 Å².